The van der Waals surface area contributed by atoms with Gasteiger partial charge in [0.15, 0.2) is 0 Å². The number of ether oxygens (including phenoxy) is 5. The third-order valence-electron chi connectivity index (χ3n) is 7.25. The number of methoxy groups -OCH3 is 2. The van der Waals surface area contributed by atoms with E-state index in [0.717, 1.165) is 0 Å². The first-order valence-corrected chi connectivity index (χ1v) is 16.9. The highest BCUT2D eigenvalue weighted by molar-refractivity contribution is 5.99. The van der Waals surface area contributed by atoms with Crippen molar-refractivity contribution in [1.82, 2.24) is 5.32 Å². The van der Waals surface area contributed by atoms with Crippen molar-refractivity contribution in [1.29, 1.82) is 10.5 Å². The number of rotatable bonds is 11. The van der Waals surface area contributed by atoms with E-state index in [-0.39, 0.29) is 5.91 Å². The fourth-order valence-electron chi connectivity index (χ4n) is 4.33. The van der Waals surface area contributed by atoms with E-state index in [1.807, 2.05) is 12.1 Å². The number of carbonyl (C=O) groups excluding carboxylic acids is 3. The molecule has 3 amide bonds. The smallest absolute Gasteiger partial charge is 0.408 e. The number of nitriles is 2. The topological polar surface area (TPSA) is 207 Å². The molecule has 0 aromatic heterocycles. The molecule has 0 atom stereocenters. The van der Waals surface area contributed by atoms with Crippen LogP contribution in [0.3, 0.4) is 0 Å². The molecule has 0 saturated carbocycles. The van der Waals surface area contributed by atoms with Crippen molar-refractivity contribution in [3.8, 4) is 46.6 Å². The Kier molecular flexibility index (Phi) is 14.2. The molecule has 0 spiro atoms. The van der Waals surface area contributed by atoms with Crippen LogP contribution in [0.1, 0.15) is 59.6 Å². The summed E-state index contributed by atoms with van der Waals surface area (Å²) in [4.78, 5) is 36.4. The van der Waals surface area contributed by atoms with Crippen LogP contribution in [0.2, 0.25) is 0 Å². The third kappa shape index (κ3) is 13.3. The lowest BCUT2D eigenvalue weighted by Crippen LogP contribution is -2.53. The van der Waals surface area contributed by atoms with E-state index in [9.17, 15) is 14.4 Å². The quantitative estimate of drug-likeness (QED) is 0.117. The Morgan fingerprint density at radius 2 is 0.982 bits per heavy atom. The van der Waals surface area contributed by atoms with Crippen LogP contribution in [0, 0.1) is 22.7 Å². The first-order valence-electron chi connectivity index (χ1n) is 16.9. The summed E-state index contributed by atoms with van der Waals surface area (Å²) in [5, 5.41) is 26.1. The van der Waals surface area contributed by atoms with Gasteiger partial charge < -0.3 is 45.4 Å². The maximum Gasteiger partial charge on any atom is 0.408 e. The molecule has 288 valence electrons. The number of nitrogens with zero attached hydrogens (tertiary/aromatic N) is 2. The summed E-state index contributed by atoms with van der Waals surface area (Å²) >= 11 is 0. The fourth-order valence-corrected chi connectivity index (χ4v) is 4.33. The predicted octanol–water partition coefficient (Wildman–Crippen LogP) is 7.64. The van der Waals surface area contributed by atoms with Crippen LogP contribution < -0.4 is 40.6 Å². The van der Waals surface area contributed by atoms with Gasteiger partial charge in [-0.3, -0.25) is 9.59 Å². The van der Waals surface area contributed by atoms with E-state index in [4.69, 9.17) is 39.9 Å². The number of hydrogen-bond donors (Lipinski definition) is 4. The molecule has 0 aliphatic heterocycles. The van der Waals surface area contributed by atoms with Gasteiger partial charge in [-0.25, -0.2) is 4.79 Å². The van der Waals surface area contributed by atoms with Crippen molar-refractivity contribution < 1.29 is 38.1 Å². The van der Waals surface area contributed by atoms with E-state index in [1.54, 1.807) is 133 Å². The summed E-state index contributed by atoms with van der Waals surface area (Å²) in [7, 11) is 2.98. The lowest BCUT2D eigenvalue weighted by Gasteiger charge is -2.27. The van der Waals surface area contributed by atoms with Gasteiger partial charge in [0.25, 0.3) is 0 Å². The maximum atomic E-state index is 12.6. The number of benzene rings is 4. The summed E-state index contributed by atoms with van der Waals surface area (Å²) in [5.41, 5.74) is 4.96. The second-order valence-corrected chi connectivity index (χ2v) is 14.1. The van der Waals surface area contributed by atoms with Gasteiger partial charge in [-0.1, -0.05) is 0 Å². The van der Waals surface area contributed by atoms with Crippen molar-refractivity contribution in [3.63, 3.8) is 0 Å². The Morgan fingerprint density at radius 1 is 0.600 bits per heavy atom. The van der Waals surface area contributed by atoms with Crippen LogP contribution in [-0.2, 0) is 14.3 Å². The minimum atomic E-state index is -1.18. The van der Waals surface area contributed by atoms with E-state index in [2.05, 4.69) is 16.0 Å². The van der Waals surface area contributed by atoms with Crippen LogP contribution in [0.15, 0.2) is 84.9 Å². The molecule has 0 aliphatic carbocycles. The molecule has 14 nitrogen and oxygen atoms in total. The molecular formula is C41H46N6O8. The summed E-state index contributed by atoms with van der Waals surface area (Å²) in [6.45, 7) is 11.7. The van der Waals surface area contributed by atoms with Crippen molar-refractivity contribution in [3.05, 3.63) is 96.1 Å². The van der Waals surface area contributed by atoms with Gasteiger partial charge in [-0.15, -0.1) is 0 Å². The zero-order valence-electron chi connectivity index (χ0n) is 32.3. The van der Waals surface area contributed by atoms with Gasteiger partial charge >= 0.3 is 6.09 Å². The molecule has 0 bridgehead atoms. The SMILES string of the molecule is COc1cc(Oc2ccc(NC(=O)C(C)(C)N)cc2)ccc1C#N.COc1cc(Oc2ccc(NC(=O)C(C)(C)NC(=O)OC(C)(C)C)cc2)ccc1C#N. The van der Waals surface area contributed by atoms with Crippen molar-refractivity contribution in [2.45, 2.75) is 65.1 Å². The monoisotopic (exact) mass is 750 g/mol. The average molecular weight is 751 g/mol. The molecule has 0 unspecified atom stereocenters. The van der Waals surface area contributed by atoms with Crippen molar-refractivity contribution in [2.24, 2.45) is 5.73 Å². The molecule has 4 aromatic rings. The Morgan fingerprint density at radius 3 is 1.33 bits per heavy atom. The van der Waals surface area contributed by atoms with Gasteiger partial charge in [0.2, 0.25) is 11.8 Å². The number of nitrogens with one attached hydrogen (secondary N) is 3. The number of hydrogen-bond acceptors (Lipinski definition) is 11. The normalized spacial score (nSPS) is 10.9. The van der Waals surface area contributed by atoms with Crippen LogP contribution in [0.5, 0.6) is 34.5 Å². The maximum absolute atomic E-state index is 12.6. The molecule has 0 saturated heterocycles. The molecule has 5 N–H and O–H groups in total. The third-order valence-corrected chi connectivity index (χ3v) is 7.25. The lowest BCUT2D eigenvalue weighted by atomic mass is 10.0. The molecule has 0 fully saturated rings. The summed E-state index contributed by atoms with van der Waals surface area (Å²) in [6.07, 6.45) is -0.672. The minimum Gasteiger partial charge on any atom is -0.495 e. The molecule has 0 aliphatic rings. The van der Waals surface area contributed by atoms with E-state index in [1.165, 1.54) is 14.2 Å². The van der Waals surface area contributed by atoms with Gasteiger partial charge in [-0.05, 0) is 121 Å². The van der Waals surface area contributed by atoms with Gasteiger partial charge in [-0.2, -0.15) is 10.5 Å². The molecular weight excluding hydrogens is 704 g/mol. The van der Waals surface area contributed by atoms with E-state index < -0.39 is 28.7 Å². The Balaban J connectivity index is 0.000000305. The Labute approximate surface area is 321 Å². The van der Waals surface area contributed by atoms with Gasteiger partial charge in [0.1, 0.15) is 57.8 Å². The standard InChI is InChI=1S/C23H27N3O5.C18H19N3O3/c1-22(2,3)31-21(28)26-23(4,5)20(27)25-16-8-11-17(12-9-16)30-18-10-7-15(14-24)19(13-18)29-6;1-18(2,20)17(22)21-13-5-8-14(9-6-13)24-15-7-4-12(11-19)16(10-15)23-3/h7-13H,1-6H3,(H,25,27)(H,26,28);4-10H,20H2,1-3H3,(H,21,22). The largest absolute Gasteiger partial charge is 0.495 e. The van der Waals surface area contributed by atoms with E-state index in [0.29, 0.717) is 57.0 Å². The molecule has 14 heteroatoms. The highest BCUT2D eigenvalue weighted by Gasteiger charge is 2.31. The number of carbonyl (C=O) groups is 3. The summed E-state index contributed by atoms with van der Waals surface area (Å²) in [5.74, 6) is 2.38. The highest BCUT2D eigenvalue weighted by Crippen LogP contribution is 2.30. The fraction of sp³-hybridized carbons (Fsp3) is 0.293. The van der Waals surface area contributed by atoms with Crippen LogP contribution in [-0.4, -0.2) is 48.8 Å². The molecule has 0 heterocycles. The molecule has 0 radical (unpaired) electrons. The van der Waals surface area contributed by atoms with E-state index >= 15 is 0 Å². The Hall–Kier alpha value is -6.77. The van der Waals surface area contributed by atoms with Crippen molar-refractivity contribution >= 4 is 29.3 Å². The zero-order valence-corrected chi connectivity index (χ0v) is 32.3. The lowest BCUT2D eigenvalue weighted by molar-refractivity contribution is -0.121. The second kappa shape index (κ2) is 18.3. The Bertz CT molecular complexity index is 2050. The second-order valence-electron chi connectivity index (χ2n) is 14.1. The summed E-state index contributed by atoms with van der Waals surface area (Å²) in [6, 6.07) is 27.6. The number of anilines is 2. The highest BCUT2D eigenvalue weighted by atomic mass is 16.6. The number of alkyl carbamates (subject to hydrolysis) is 1. The van der Waals surface area contributed by atoms with Crippen molar-refractivity contribution in [2.75, 3.05) is 24.9 Å². The number of amides is 3. The minimum absolute atomic E-state index is 0.270. The summed E-state index contributed by atoms with van der Waals surface area (Å²) < 4.78 is 27.0. The molecule has 55 heavy (non-hydrogen) atoms. The van der Waals surface area contributed by atoms with Crippen LogP contribution in [0.4, 0.5) is 16.2 Å². The zero-order chi connectivity index (χ0) is 41.0. The molecule has 4 rings (SSSR count). The first-order chi connectivity index (χ1) is 25.8. The van der Waals surface area contributed by atoms with Gasteiger partial charge in [0, 0.05) is 23.5 Å². The van der Waals surface area contributed by atoms with Crippen LogP contribution in [0.25, 0.3) is 0 Å². The van der Waals surface area contributed by atoms with Crippen LogP contribution >= 0.6 is 0 Å². The first kappa shape index (κ1) is 42.6. The average Bonchev–Trinajstić information content (AvgIpc) is 3.11. The number of nitrogens with two attached hydrogens (primary N) is 1. The molecule has 4 aromatic carbocycles. The predicted molar refractivity (Wildman–Crippen MR) is 207 cm³/mol. The van der Waals surface area contributed by atoms with Gasteiger partial charge in [0.05, 0.1) is 30.9 Å².